The Labute approximate surface area is 358 Å². The molecule has 2 heterocycles. The largest absolute Gasteiger partial charge is 0.456 e. The number of anilines is 3. The Morgan fingerprint density at radius 3 is 1.75 bits per heavy atom. The molecule has 0 bridgehead atoms. The zero-order valence-electron chi connectivity index (χ0n) is 33.9. The van der Waals surface area contributed by atoms with Crippen LogP contribution in [0.1, 0.15) is 25.3 Å². The van der Waals surface area contributed by atoms with Crippen molar-refractivity contribution in [2.75, 3.05) is 4.90 Å². The molecule has 0 aliphatic heterocycles. The van der Waals surface area contributed by atoms with E-state index in [0.29, 0.717) is 0 Å². The molecule has 0 amide bonds. The summed E-state index contributed by atoms with van der Waals surface area (Å²) in [6, 6.07) is 71.6. The summed E-state index contributed by atoms with van der Waals surface area (Å²) in [6.07, 6.45) is 3.52. The van der Waals surface area contributed by atoms with Crippen LogP contribution in [0.25, 0.3) is 96.7 Å². The van der Waals surface area contributed by atoms with Crippen LogP contribution in [-0.4, -0.2) is 0 Å². The number of hydrogen-bond donors (Lipinski definition) is 0. The second-order valence-corrected chi connectivity index (χ2v) is 17.4. The molecule has 0 saturated heterocycles. The maximum absolute atomic E-state index is 6.48. The van der Waals surface area contributed by atoms with E-state index in [4.69, 9.17) is 4.42 Å². The molecule has 12 aromatic rings. The van der Waals surface area contributed by atoms with E-state index in [9.17, 15) is 0 Å². The number of fused-ring (bicyclic) bond motifs is 12. The van der Waals surface area contributed by atoms with Crippen molar-refractivity contribution in [2.24, 2.45) is 0 Å². The molecule has 290 valence electrons. The summed E-state index contributed by atoms with van der Waals surface area (Å²) < 4.78 is 9.13. The molecule has 0 N–H and O–H groups in total. The van der Waals surface area contributed by atoms with Crippen LogP contribution in [0.5, 0.6) is 0 Å². The number of benzene rings is 10. The Kier molecular flexibility index (Phi) is 8.50. The molecule has 0 aliphatic rings. The molecule has 12 rings (SSSR count). The molecule has 0 aliphatic carbocycles. The van der Waals surface area contributed by atoms with Gasteiger partial charge in [0.1, 0.15) is 11.2 Å². The molecule has 10 aromatic carbocycles. The van der Waals surface area contributed by atoms with Crippen molar-refractivity contribution in [1.82, 2.24) is 0 Å². The topological polar surface area (TPSA) is 16.4 Å². The number of nitrogens with zero attached hydrogens (tertiary/aromatic N) is 1. The molecule has 2 nitrogen and oxygen atoms in total. The van der Waals surface area contributed by atoms with E-state index in [1.54, 1.807) is 0 Å². The Morgan fingerprint density at radius 1 is 0.377 bits per heavy atom. The molecule has 0 fully saturated rings. The fourth-order valence-electron chi connectivity index (χ4n) is 9.53. The van der Waals surface area contributed by atoms with Crippen molar-refractivity contribution in [3.05, 3.63) is 200 Å². The van der Waals surface area contributed by atoms with Crippen LogP contribution >= 0.6 is 11.3 Å². The fourth-order valence-corrected chi connectivity index (χ4v) is 10.7. The van der Waals surface area contributed by atoms with Crippen molar-refractivity contribution in [2.45, 2.75) is 26.2 Å². The van der Waals surface area contributed by atoms with Gasteiger partial charge in [-0.15, -0.1) is 11.3 Å². The van der Waals surface area contributed by atoms with Crippen LogP contribution < -0.4 is 4.90 Å². The number of unbranched alkanes of at least 4 members (excludes halogenated alkanes) is 1. The van der Waals surface area contributed by atoms with Crippen LogP contribution in [0, 0.1) is 0 Å². The highest BCUT2D eigenvalue weighted by Crippen LogP contribution is 2.45. The Hall–Kier alpha value is -7.20. The number of hydrogen-bond acceptors (Lipinski definition) is 3. The van der Waals surface area contributed by atoms with Crippen LogP contribution in [0.15, 0.2) is 199 Å². The zero-order chi connectivity index (χ0) is 40.4. The second-order valence-electron chi connectivity index (χ2n) is 16.3. The van der Waals surface area contributed by atoms with Gasteiger partial charge in [0.15, 0.2) is 0 Å². The van der Waals surface area contributed by atoms with Gasteiger partial charge in [0.2, 0.25) is 0 Å². The predicted molar refractivity (Wildman–Crippen MR) is 263 cm³/mol. The SMILES string of the molecule is CCCCc1ccc(-c2cccc(N(c3ccc4oc5ccc(-c6ccccc6)cc5c4c3)c3ccc4c(c3)c3ccccc3c3cc5c(cc43)sc3ccccc35)c2)cc1. The van der Waals surface area contributed by atoms with Gasteiger partial charge in [-0.3, -0.25) is 0 Å². The van der Waals surface area contributed by atoms with Gasteiger partial charge < -0.3 is 9.32 Å². The molecule has 61 heavy (non-hydrogen) atoms. The van der Waals surface area contributed by atoms with Gasteiger partial charge >= 0.3 is 0 Å². The van der Waals surface area contributed by atoms with Crippen molar-refractivity contribution < 1.29 is 4.42 Å². The molecular formula is C58H41NOS. The summed E-state index contributed by atoms with van der Waals surface area (Å²) in [5.41, 5.74) is 11.2. The van der Waals surface area contributed by atoms with Crippen LogP contribution in [0.4, 0.5) is 17.1 Å². The lowest BCUT2D eigenvalue weighted by Crippen LogP contribution is -2.10. The van der Waals surface area contributed by atoms with Crippen LogP contribution in [0.3, 0.4) is 0 Å². The van der Waals surface area contributed by atoms with E-state index in [-0.39, 0.29) is 0 Å². The second kappa shape index (κ2) is 14.5. The third-order valence-electron chi connectivity index (χ3n) is 12.6. The number of furan rings is 1. The average Bonchev–Trinajstić information content (AvgIpc) is 3.88. The first-order chi connectivity index (χ1) is 30.2. The third-order valence-corrected chi connectivity index (χ3v) is 13.7. The summed E-state index contributed by atoms with van der Waals surface area (Å²) >= 11 is 1.88. The van der Waals surface area contributed by atoms with Crippen LogP contribution in [-0.2, 0) is 6.42 Å². The molecule has 0 atom stereocenters. The number of rotatable bonds is 8. The molecule has 0 saturated carbocycles. The molecule has 0 unspecified atom stereocenters. The Bertz CT molecular complexity index is 3630. The molecule has 0 spiro atoms. The standard InChI is InChI=1S/C58H41NOS/c1-2-3-12-37-21-23-39(24-22-37)40-15-11-16-42(31-40)59(44-27-30-56-53(34-44)52-32-41(25-29-55(52)60-56)38-13-5-4-6-14-38)43-26-28-47-49(33-43)45-17-7-8-18-46(45)50-35-54-48-19-9-10-20-57(48)61-58(54)36-51(47)50/h4-11,13-36H,2-3,12H2,1H3. The number of thiophene rings is 1. The molecule has 2 aromatic heterocycles. The molecule has 3 heteroatoms. The first-order valence-electron chi connectivity index (χ1n) is 21.4. The van der Waals surface area contributed by atoms with Gasteiger partial charge in [0, 0.05) is 48.0 Å². The maximum atomic E-state index is 6.48. The van der Waals surface area contributed by atoms with E-state index in [0.717, 1.165) is 45.4 Å². The van der Waals surface area contributed by atoms with Crippen LogP contribution in [0.2, 0.25) is 0 Å². The predicted octanol–water partition coefficient (Wildman–Crippen LogP) is 17.6. The third kappa shape index (κ3) is 6.07. The van der Waals surface area contributed by atoms with Crippen molar-refractivity contribution in [3.8, 4) is 22.3 Å². The minimum atomic E-state index is 0.879. The monoisotopic (exact) mass is 799 g/mol. The Balaban J connectivity index is 1.07. The number of aryl methyl sites for hydroxylation is 1. The highest BCUT2D eigenvalue weighted by atomic mass is 32.1. The lowest BCUT2D eigenvalue weighted by atomic mass is 9.92. The molecular weight excluding hydrogens is 759 g/mol. The van der Waals surface area contributed by atoms with Gasteiger partial charge in [-0.2, -0.15) is 0 Å². The normalized spacial score (nSPS) is 11.9. The first kappa shape index (κ1) is 35.7. The van der Waals surface area contributed by atoms with E-state index in [2.05, 4.69) is 206 Å². The van der Waals surface area contributed by atoms with Gasteiger partial charge in [0.05, 0.1) is 0 Å². The van der Waals surface area contributed by atoms with Gasteiger partial charge in [-0.1, -0.05) is 135 Å². The highest BCUT2D eigenvalue weighted by molar-refractivity contribution is 7.25. The average molecular weight is 800 g/mol. The van der Waals surface area contributed by atoms with Gasteiger partial charge in [0.25, 0.3) is 0 Å². The summed E-state index contributed by atoms with van der Waals surface area (Å²) in [6.45, 7) is 2.25. The summed E-state index contributed by atoms with van der Waals surface area (Å²) in [4.78, 5) is 2.42. The zero-order valence-corrected chi connectivity index (χ0v) is 34.7. The summed E-state index contributed by atoms with van der Waals surface area (Å²) in [5, 5.41) is 12.5. The lowest BCUT2D eigenvalue weighted by Gasteiger charge is -2.27. The van der Waals surface area contributed by atoms with Crippen molar-refractivity contribution in [1.29, 1.82) is 0 Å². The van der Waals surface area contributed by atoms with Crippen molar-refractivity contribution in [3.63, 3.8) is 0 Å². The van der Waals surface area contributed by atoms with E-state index in [1.165, 1.54) is 93.1 Å². The van der Waals surface area contributed by atoms with Gasteiger partial charge in [-0.05, 0) is 146 Å². The minimum absolute atomic E-state index is 0.879. The smallest absolute Gasteiger partial charge is 0.135 e. The first-order valence-corrected chi connectivity index (χ1v) is 22.2. The summed E-state index contributed by atoms with van der Waals surface area (Å²) in [5.74, 6) is 0. The maximum Gasteiger partial charge on any atom is 0.135 e. The van der Waals surface area contributed by atoms with E-state index >= 15 is 0 Å². The van der Waals surface area contributed by atoms with E-state index in [1.807, 2.05) is 11.3 Å². The molecule has 0 radical (unpaired) electrons. The van der Waals surface area contributed by atoms with E-state index < -0.39 is 0 Å². The summed E-state index contributed by atoms with van der Waals surface area (Å²) in [7, 11) is 0. The van der Waals surface area contributed by atoms with Gasteiger partial charge in [-0.25, -0.2) is 0 Å². The fraction of sp³-hybridized carbons (Fsp3) is 0.0690. The lowest BCUT2D eigenvalue weighted by molar-refractivity contribution is 0.669. The highest BCUT2D eigenvalue weighted by Gasteiger charge is 2.19. The quantitative estimate of drug-likeness (QED) is 0.142. The Morgan fingerprint density at radius 2 is 0.951 bits per heavy atom. The van der Waals surface area contributed by atoms with Crippen molar-refractivity contribution >= 4 is 103 Å². The minimum Gasteiger partial charge on any atom is -0.456 e.